The fraction of sp³-hybridized carbons (Fsp3) is 0.250. The van der Waals surface area contributed by atoms with E-state index >= 15 is 0 Å². The van der Waals surface area contributed by atoms with Gasteiger partial charge >= 0.3 is 0 Å². The number of halogens is 2. The van der Waals surface area contributed by atoms with Crippen molar-refractivity contribution in [1.29, 1.82) is 0 Å². The van der Waals surface area contributed by atoms with Gasteiger partial charge in [-0.2, -0.15) is 0 Å². The largest absolute Gasteiger partial charge is 0.364 e. The first-order chi connectivity index (χ1) is 8.16. The monoisotopic (exact) mass is 238 g/mol. The van der Waals surface area contributed by atoms with Crippen LogP contribution in [0.3, 0.4) is 0 Å². The topological polar surface area (TPSA) is 38.1 Å². The lowest BCUT2D eigenvalue weighted by Crippen LogP contribution is -2.19. The van der Waals surface area contributed by atoms with Gasteiger partial charge in [-0.25, -0.2) is 8.78 Å². The third-order valence-corrected chi connectivity index (χ3v) is 2.51. The molecule has 2 rings (SSSR count). The van der Waals surface area contributed by atoms with Crippen LogP contribution in [0.5, 0.6) is 0 Å². The van der Waals surface area contributed by atoms with Gasteiger partial charge in [0.1, 0.15) is 17.9 Å². The van der Waals surface area contributed by atoms with Gasteiger partial charge in [0.2, 0.25) is 0 Å². The van der Waals surface area contributed by atoms with Gasteiger partial charge in [-0.3, -0.25) is 0 Å². The van der Waals surface area contributed by atoms with E-state index in [9.17, 15) is 8.78 Å². The Morgan fingerprint density at radius 2 is 2.18 bits per heavy atom. The molecule has 0 aliphatic rings. The lowest BCUT2D eigenvalue weighted by molar-refractivity contribution is 0.405. The quantitative estimate of drug-likeness (QED) is 0.890. The van der Waals surface area contributed by atoms with Gasteiger partial charge in [0.15, 0.2) is 0 Å². The lowest BCUT2D eigenvalue weighted by Gasteiger charge is -2.13. The molecule has 5 heteroatoms. The van der Waals surface area contributed by atoms with Crippen molar-refractivity contribution in [1.82, 2.24) is 10.5 Å². The van der Waals surface area contributed by atoms with Crippen LogP contribution < -0.4 is 5.32 Å². The van der Waals surface area contributed by atoms with Crippen LogP contribution in [-0.2, 0) is 6.54 Å². The minimum absolute atomic E-state index is 0.229. The number of nitrogens with zero attached hydrogens (tertiary/aromatic N) is 1. The van der Waals surface area contributed by atoms with Crippen molar-refractivity contribution in [3.63, 3.8) is 0 Å². The summed E-state index contributed by atoms with van der Waals surface area (Å²) < 4.78 is 30.9. The summed E-state index contributed by atoms with van der Waals surface area (Å²) in [6.45, 7) is 2.27. The van der Waals surface area contributed by atoms with E-state index in [1.54, 1.807) is 13.0 Å². The fourth-order valence-corrected chi connectivity index (χ4v) is 1.55. The Kier molecular flexibility index (Phi) is 3.49. The number of nitrogens with one attached hydrogen (secondary N) is 1. The van der Waals surface area contributed by atoms with Gasteiger partial charge < -0.3 is 9.84 Å². The van der Waals surface area contributed by atoms with Crippen LogP contribution in [-0.4, -0.2) is 5.16 Å². The molecule has 0 bridgehead atoms. The summed E-state index contributed by atoms with van der Waals surface area (Å²) in [6.07, 6.45) is 1.47. The van der Waals surface area contributed by atoms with Crippen molar-refractivity contribution >= 4 is 0 Å². The van der Waals surface area contributed by atoms with Gasteiger partial charge in [0.25, 0.3) is 0 Å². The number of aromatic nitrogens is 1. The smallest absolute Gasteiger partial charge is 0.130 e. The summed E-state index contributed by atoms with van der Waals surface area (Å²) >= 11 is 0. The molecule has 0 spiro atoms. The zero-order chi connectivity index (χ0) is 12.3. The Morgan fingerprint density at radius 1 is 1.35 bits per heavy atom. The molecule has 1 N–H and O–H groups in total. The normalized spacial score (nSPS) is 12.6. The average molecular weight is 238 g/mol. The van der Waals surface area contributed by atoms with E-state index in [0.29, 0.717) is 12.1 Å². The van der Waals surface area contributed by atoms with Crippen LogP contribution in [0.1, 0.15) is 24.2 Å². The highest BCUT2D eigenvalue weighted by Crippen LogP contribution is 2.17. The minimum atomic E-state index is -0.574. The zero-order valence-corrected chi connectivity index (χ0v) is 9.28. The van der Waals surface area contributed by atoms with E-state index in [1.807, 2.05) is 0 Å². The first-order valence-corrected chi connectivity index (χ1v) is 5.24. The molecule has 1 unspecified atom stereocenters. The fourth-order valence-electron chi connectivity index (χ4n) is 1.55. The maximum atomic E-state index is 13.5. The summed E-state index contributed by atoms with van der Waals surface area (Å²) in [6, 6.07) is 5.05. The van der Waals surface area contributed by atoms with Crippen molar-refractivity contribution in [2.45, 2.75) is 19.5 Å². The molecule has 0 radical (unpaired) electrons. The molecular formula is C12H12F2N2O. The minimum Gasteiger partial charge on any atom is -0.364 e. The van der Waals surface area contributed by atoms with E-state index in [4.69, 9.17) is 0 Å². The Morgan fingerprint density at radius 3 is 2.82 bits per heavy atom. The molecule has 0 amide bonds. The molecule has 90 valence electrons. The molecule has 0 saturated heterocycles. The van der Waals surface area contributed by atoms with E-state index in [2.05, 4.69) is 15.0 Å². The maximum absolute atomic E-state index is 13.5. The average Bonchev–Trinajstić information content (AvgIpc) is 2.78. The molecule has 1 aromatic carbocycles. The molecule has 2 aromatic rings. The SMILES string of the molecule is CC(NCc1ccon1)c1ccc(F)cc1F. The van der Waals surface area contributed by atoms with Gasteiger partial charge in [0, 0.05) is 30.3 Å². The zero-order valence-electron chi connectivity index (χ0n) is 9.28. The highest BCUT2D eigenvalue weighted by atomic mass is 19.1. The molecule has 0 aliphatic heterocycles. The lowest BCUT2D eigenvalue weighted by atomic mass is 10.1. The van der Waals surface area contributed by atoms with Gasteiger partial charge in [-0.15, -0.1) is 0 Å². The predicted octanol–water partition coefficient (Wildman–Crippen LogP) is 2.80. The van der Waals surface area contributed by atoms with Crippen LogP contribution in [0.25, 0.3) is 0 Å². The highest BCUT2D eigenvalue weighted by Gasteiger charge is 2.11. The summed E-state index contributed by atoms with van der Waals surface area (Å²) in [5.41, 5.74) is 1.16. The molecule has 1 heterocycles. The van der Waals surface area contributed by atoms with Crippen molar-refractivity contribution < 1.29 is 13.3 Å². The Labute approximate surface area is 97.4 Å². The Balaban J connectivity index is 2.01. The van der Waals surface area contributed by atoms with Gasteiger partial charge in [-0.1, -0.05) is 11.2 Å². The van der Waals surface area contributed by atoms with E-state index in [1.165, 1.54) is 18.4 Å². The number of benzene rings is 1. The second kappa shape index (κ2) is 5.05. The molecular weight excluding hydrogens is 226 g/mol. The van der Waals surface area contributed by atoms with Crippen molar-refractivity contribution in [3.8, 4) is 0 Å². The summed E-state index contributed by atoms with van der Waals surface area (Å²) in [4.78, 5) is 0. The van der Waals surface area contributed by atoms with Crippen LogP contribution >= 0.6 is 0 Å². The molecule has 0 saturated carbocycles. The van der Waals surface area contributed by atoms with E-state index in [0.717, 1.165) is 11.8 Å². The van der Waals surface area contributed by atoms with Gasteiger partial charge in [-0.05, 0) is 13.0 Å². The molecule has 1 atom stereocenters. The van der Waals surface area contributed by atoms with E-state index < -0.39 is 11.6 Å². The van der Waals surface area contributed by atoms with Crippen LogP contribution in [0, 0.1) is 11.6 Å². The number of rotatable bonds is 4. The third kappa shape index (κ3) is 2.88. The summed E-state index contributed by atoms with van der Waals surface area (Å²) in [5.74, 6) is -1.12. The first-order valence-electron chi connectivity index (χ1n) is 5.24. The van der Waals surface area contributed by atoms with Gasteiger partial charge in [0.05, 0.1) is 5.69 Å². The van der Waals surface area contributed by atoms with Crippen LogP contribution in [0.15, 0.2) is 35.1 Å². The molecule has 3 nitrogen and oxygen atoms in total. The second-order valence-corrected chi connectivity index (χ2v) is 3.76. The standard InChI is InChI=1S/C12H12F2N2O/c1-8(15-7-10-4-5-17-16-10)11-3-2-9(13)6-12(11)14/h2-6,8,15H,7H2,1H3. The first kappa shape index (κ1) is 11.7. The van der Waals surface area contributed by atoms with Crippen molar-refractivity contribution in [2.24, 2.45) is 0 Å². The summed E-state index contributed by atoms with van der Waals surface area (Å²) in [7, 11) is 0. The van der Waals surface area contributed by atoms with E-state index in [-0.39, 0.29) is 6.04 Å². The third-order valence-electron chi connectivity index (χ3n) is 2.51. The van der Waals surface area contributed by atoms with Crippen LogP contribution in [0.4, 0.5) is 8.78 Å². The molecule has 0 aliphatic carbocycles. The second-order valence-electron chi connectivity index (χ2n) is 3.76. The molecule has 1 aromatic heterocycles. The maximum Gasteiger partial charge on any atom is 0.130 e. The predicted molar refractivity (Wildman–Crippen MR) is 58.1 cm³/mol. The molecule has 17 heavy (non-hydrogen) atoms. The highest BCUT2D eigenvalue weighted by molar-refractivity contribution is 5.21. The Hall–Kier alpha value is -1.75. The number of hydrogen-bond donors (Lipinski definition) is 1. The van der Waals surface area contributed by atoms with Crippen molar-refractivity contribution in [2.75, 3.05) is 0 Å². The Bertz CT molecular complexity index is 485. The van der Waals surface area contributed by atoms with Crippen molar-refractivity contribution in [3.05, 3.63) is 53.4 Å². The van der Waals surface area contributed by atoms with Crippen LogP contribution in [0.2, 0.25) is 0 Å². The molecule has 0 fully saturated rings. The summed E-state index contributed by atoms with van der Waals surface area (Å²) in [5, 5.41) is 6.80. The number of hydrogen-bond acceptors (Lipinski definition) is 3.